The Morgan fingerprint density at radius 2 is 1.26 bits per heavy atom. The fraction of sp³-hybridized carbons (Fsp3) is 0.298. The first-order valence-corrected chi connectivity index (χ1v) is 21.6. The van der Waals surface area contributed by atoms with Gasteiger partial charge in [-0.05, 0) is 0 Å². The Morgan fingerprint density at radius 3 is 1.82 bits per heavy atom. The van der Waals surface area contributed by atoms with Gasteiger partial charge >= 0.3 is 298 Å². The first kappa shape index (κ1) is 36.9. The van der Waals surface area contributed by atoms with Crippen LogP contribution >= 0.6 is 0 Å². The molecule has 0 bridgehead atoms. The van der Waals surface area contributed by atoms with Gasteiger partial charge in [-0.25, -0.2) is 0 Å². The second-order valence-electron chi connectivity index (χ2n) is 16.7. The minimum Gasteiger partial charge on any atom is -1.00 e. The summed E-state index contributed by atoms with van der Waals surface area (Å²) >= 11 is -2.59. The van der Waals surface area contributed by atoms with Gasteiger partial charge in [0, 0.05) is 0 Å². The molecule has 50 heavy (non-hydrogen) atoms. The minimum absolute atomic E-state index is 0. The van der Waals surface area contributed by atoms with Gasteiger partial charge in [-0.1, -0.05) is 0 Å². The SMILES string of the molecule is CC(C)(C)C1=CC[C]([Zr+2]([C]2=Cc3cc4c(cc3C2(C)C)Cc2cc3c(cc2-4)C=CC3(C)C)=[C](Cc2ccccc2)Cc2ccccc2)=C1.[Cl-].[Cl-]. The van der Waals surface area contributed by atoms with Crippen molar-refractivity contribution in [3.05, 3.63) is 160 Å². The van der Waals surface area contributed by atoms with Crippen LogP contribution in [0.3, 0.4) is 0 Å². The molecule has 4 aromatic carbocycles. The van der Waals surface area contributed by atoms with E-state index in [-0.39, 0.29) is 41.1 Å². The smallest absolute Gasteiger partial charge is 1.00 e. The molecule has 0 radical (unpaired) electrons. The zero-order valence-corrected chi connectivity index (χ0v) is 34.5. The van der Waals surface area contributed by atoms with E-state index in [1.807, 2.05) is 0 Å². The van der Waals surface area contributed by atoms with Crippen LogP contribution in [0.4, 0.5) is 0 Å². The largest absolute Gasteiger partial charge is 1.00 e. The van der Waals surface area contributed by atoms with Gasteiger partial charge in [0.2, 0.25) is 0 Å². The summed E-state index contributed by atoms with van der Waals surface area (Å²) in [7, 11) is 0. The molecule has 254 valence electrons. The maximum Gasteiger partial charge on any atom is -1.00 e. The molecule has 0 saturated heterocycles. The molecule has 0 N–H and O–H groups in total. The molecule has 0 heterocycles. The van der Waals surface area contributed by atoms with Gasteiger partial charge in [0.25, 0.3) is 0 Å². The predicted octanol–water partition coefficient (Wildman–Crippen LogP) is 5.74. The molecule has 0 fully saturated rings. The third-order valence-electron chi connectivity index (χ3n) is 11.4. The summed E-state index contributed by atoms with van der Waals surface area (Å²) in [4.78, 5) is 0. The van der Waals surface area contributed by atoms with E-state index in [2.05, 4.69) is 164 Å². The van der Waals surface area contributed by atoms with E-state index >= 15 is 0 Å². The maximum atomic E-state index is 2.69. The van der Waals surface area contributed by atoms with E-state index in [4.69, 9.17) is 0 Å². The molecule has 0 aliphatic heterocycles. The number of benzene rings is 4. The molecule has 4 aromatic rings. The summed E-state index contributed by atoms with van der Waals surface area (Å²) in [5, 5.41) is 0. The van der Waals surface area contributed by atoms with Crippen molar-refractivity contribution in [1.29, 1.82) is 0 Å². The number of fused-ring (bicyclic) bond motifs is 5. The van der Waals surface area contributed by atoms with Gasteiger partial charge in [0.15, 0.2) is 0 Å². The summed E-state index contributed by atoms with van der Waals surface area (Å²) < 4.78 is 5.29. The summed E-state index contributed by atoms with van der Waals surface area (Å²) in [5.74, 6) is 0. The molecule has 0 nitrogen and oxygen atoms in total. The van der Waals surface area contributed by atoms with Crippen LogP contribution in [0.1, 0.15) is 99.4 Å². The van der Waals surface area contributed by atoms with Crippen molar-refractivity contribution in [2.75, 3.05) is 0 Å². The van der Waals surface area contributed by atoms with Crippen LogP contribution in [-0.4, -0.2) is 3.21 Å². The summed E-state index contributed by atoms with van der Waals surface area (Å²) in [5.41, 5.74) is 16.5. The van der Waals surface area contributed by atoms with E-state index in [1.54, 1.807) is 9.77 Å². The zero-order valence-electron chi connectivity index (χ0n) is 30.6. The Morgan fingerprint density at radius 1 is 0.700 bits per heavy atom. The second-order valence-corrected chi connectivity index (χ2v) is 23.2. The van der Waals surface area contributed by atoms with Crippen molar-refractivity contribution < 1.29 is 46.1 Å². The molecular weight excluding hydrogens is 727 g/mol. The van der Waals surface area contributed by atoms with Crippen molar-refractivity contribution in [3.63, 3.8) is 0 Å². The molecular formula is C47H48Cl2Zr. The standard InChI is InChI=1S/C23H21.C15H14.C9H13.2ClH.Zr/c1-22(2)7-5-14-10-18-16(12-20(14)22)9-17-13-21-15(11-19(17)18)6-8-23(21,3)4;1-3-8-14(9-4-1)12-7-13-15-10-5-2-6-11-15;1-9(2,3)8-6-4-5-7-8;;;/h5-7,10-13H,9H2,1-4H3;1-6,8-11H,12-13H2;6-7H,4H2,1-3H3;2*1H;/q;;;;;+2/p-2. The van der Waals surface area contributed by atoms with Crippen molar-refractivity contribution >= 4 is 15.4 Å². The van der Waals surface area contributed by atoms with Crippen molar-refractivity contribution in [2.24, 2.45) is 5.41 Å². The topological polar surface area (TPSA) is 0 Å². The van der Waals surface area contributed by atoms with Crippen molar-refractivity contribution in [2.45, 2.75) is 85.0 Å². The van der Waals surface area contributed by atoms with Crippen molar-refractivity contribution in [3.8, 4) is 11.1 Å². The second kappa shape index (κ2) is 13.6. The van der Waals surface area contributed by atoms with E-state index in [9.17, 15) is 0 Å². The summed E-state index contributed by atoms with van der Waals surface area (Å²) in [6, 6.07) is 32.7. The van der Waals surface area contributed by atoms with Crippen LogP contribution < -0.4 is 24.8 Å². The van der Waals surface area contributed by atoms with Crippen LogP contribution in [0.2, 0.25) is 0 Å². The van der Waals surface area contributed by atoms with Crippen LogP contribution in [0.15, 0.2) is 115 Å². The Hall–Kier alpha value is -2.83. The van der Waals surface area contributed by atoms with E-state index in [1.165, 1.54) is 61.2 Å². The van der Waals surface area contributed by atoms with Gasteiger partial charge in [-0.3, -0.25) is 0 Å². The number of halogens is 2. The van der Waals surface area contributed by atoms with Crippen molar-refractivity contribution in [1.82, 2.24) is 0 Å². The zero-order chi connectivity index (χ0) is 33.4. The van der Waals surface area contributed by atoms with E-state index < -0.39 is 21.3 Å². The summed E-state index contributed by atoms with van der Waals surface area (Å²) in [6.45, 7) is 16.9. The van der Waals surface area contributed by atoms with E-state index in [0.717, 1.165) is 25.7 Å². The monoisotopic (exact) mass is 772 g/mol. The van der Waals surface area contributed by atoms with E-state index in [0.29, 0.717) is 0 Å². The first-order valence-electron chi connectivity index (χ1n) is 17.9. The van der Waals surface area contributed by atoms with Gasteiger partial charge in [-0.2, -0.15) is 0 Å². The molecule has 4 aliphatic rings. The quantitative estimate of drug-likeness (QED) is 0.207. The Kier molecular flexibility index (Phi) is 10.1. The Labute approximate surface area is 320 Å². The Bertz CT molecular complexity index is 2090. The molecule has 8 rings (SSSR count). The number of hydrogen-bond acceptors (Lipinski definition) is 0. The average molecular weight is 775 g/mol. The third kappa shape index (κ3) is 6.53. The normalized spacial score (nSPS) is 16.8. The molecule has 4 aliphatic carbocycles. The fourth-order valence-electron chi connectivity index (χ4n) is 8.67. The predicted molar refractivity (Wildman–Crippen MR) is 203 cm³/mol. The number of allylic oxidation sites excluding steroid dienone is 6. The molecule has 3 heteroatoms. The van der Waals surface area contributed by atoms with Crippen LogP contribution in [-0.2, 0) is 51.4 Å². The molecule has 0 spiro atoms. The number of hydrogen-bond donors (Lipinski definition) is 0. The molecule has 0 amide bonds. The van der Waals surface area contributed by atoms with Crippen LogP contribution in [0, 0.1) is 5.41 Å². The van der Waals surface area contributed by atoms with Gasteiger partial charge < -0.3 is 24.8 Å². The maximum absolute atomic E-state index is 2.69. The van der Waals surface area contributed by atoms with Gasteiger partial charge in [0.05, 0.1) is 0 Å². The van der Waals surface area contributed by atoms with Crippen LogP contribution in [0.5, 0.6) is 0 Å². The number of rotatable bonds is 6. The van der Waals surface area contributed by atoms with Gasteiger partial charge in [0.1, 0.15) is 0 Å². The average Bonchev–Trinajstić information content (AvgIpc) is 3.80. The van der Waals surface area contributed by atoms with Crippen LogP contribution in [0.25, 0.3) is 23.3 Å². The molecule has 0 atom stereocenters. The summed E-state index contributed by atoms with van der Waals surface area (Å²) in [6.07, 6.45) is 16.9. The first-order chi connectivity index (χ1) is 22.9. The molecule has 0 aromatic heterocycles. The third-order valence-corrected chi connectivity index (χ3v) is 19.7. The fourth-order valence-corrected chi connectivity index (χ4v) is 17.5. The Balaban J connectivity index is 0.00000216. The minimum atomic E-state index is -2.59. The van der Waals surface area contributed by atoms with Gasteiger partial charge in [-0.15, -0.1) is 0 Å². The molecule has 0 saturated carbocycles. The molecule has 0 unspecified atom stereocenters.